The number of hydrogen-bond donors (Lipinski definition) is 0. The van der Waals surface area contributed by atoms with Crippen molar-refractivity contribution in [3.63, 3.8) is 0 Å². The van der Waals surface area contributed by atoms with E-state index in [2.05, 4.69) is 19.9 Å². The van der Waals surface area contributed by atoms with Gasteiger partial charge in [0.25, 0.3) is 0 Å². The molecule has 0 heterocycles. The third kappa shape index (κ3) is 1.34. The Morgan fingerprint density at radius 2 is 1.80 bits per heavy atom. The second kappa shape index (κ2) is 3.00. The van der Waals surface area contributed by atoms with Crippen LogP contribution in [0.4, 0.5) is 0 Å². The summed E-state index contributed by atoms with van der Waals surface area (Å²) in [6.45, 7) is 4.92. The molecule has 0 aromatic rings. The van der Waals surface area contributed by atoms with Crippen LogP contribution in [0.15, 0.2) is 0 Å². The summed E-state index contributed by atoms with van der Waals surface area (Å²) >= 11 is 0. The van der Waals surface area contributed by atoms with Gasteiger partial charge in [0, 0.05) is 5.92 Å². The minimum Gasteiger partial charge on any atom is -0.198 e. The van der Waals surface area contributed by atoms with Crippen molar-refractivity contribution in [1.29, 1.82) is 5.26 Å². The number of nitriles is 1. The molecule has 3 saturated carbocycles. The van der Waals surface area contributed by atoms with Gasteiger partial charge >= 0.3 is 0 Å². The molecule has 1 nitrogen and oxygen atoms in total. The van der Waals surface area contributed by atoms with Crippen molar-refractivity contribution in [2.45, 2.75) is 46.0 Å². The van der Waals surface area contributed by atoms with Crippen LogP contribution in [0.2, 0.25) is 0 Å². The van der Waals surface area contributed by atoms with Crippen LogP contribution in [0.3, 0.4) is 0 Å². The monoisotopic (exact) mass is 203 g/mol. The number of fused-ring (bicyclic) bond motifs is 4. The van der Waals surface area contributed by atoms with Crippen LogP contribution in [0.1, 0.15) is 46.0 Å². The van der Waals surface area contributed by atoms with E-state index in [0.717, 1.165) is 23.7 Å². The van der Waals surface area contributed by atoms with Gasteiger partial charge in [-0.25, -0.2) is 0 Å². The Morgan fingerprint density at radius 1 is 1.07 bits per heavy atom. The third-order valence-corrected chi connectivity index (χ3v) is 5.61. The molecule has 5 unspecified atom stereocenters. The summed E-state index contributed by atoms with van der Waals surface area (Å²) in [5.74, 6) is 4.12. The molecule has 3 aliphatic rings. The predicted molar refractivity (Wildman–Crippen MR) is 59.9 cm³/mol. The molecular formula is C14H21N. The second-order valence-corrected chi connectivity index (χ2v) is 6.84. The highest BCUT2D eigenvalue weighted by molar-refractivity contribution is 5.05. The summed E-state index contributed by atoms with van der Waals surface area (Å²) in [6, 6.07) is 2.50. The van der Waals surface area contributed by atoms with Gasteiger partial charge in [0.05, 0.1) is 6.07 Å². The molecule has 3 rings (SSSR count). The summed E-state index contributed by atoms with van der Waals surface area (Å²) in [5.41, 5.74) is 0.594. The van der Waals surface area contributed by atoms with Crippen LogP contribution in [0.25, 0.3) is 0 Å². The molecule has 2 bridgehead atoms. The largest absolute Gasteiger partial charge is 0.198 e. The highest BCUT2D eigenvalue weighted by Gasteiger charge is 2.52. The molecule has 0 amide bonds. The van der Waals surface area contributed by atoms with Gasteiger partial charge in [-0.15, -0.1) is 0 Å². The second-order valence-electron chi connectivity index (χ2n) is 6.84. The maximum Gasteiger partial charge on any atom is 0.0656 e. The van der Waals surface area contributed by atoms with E-state index in [0.29, 0.717) is 11.3 Å². The Hall–Kier alpha value is -0.510. The molecule has 0 aromatic heterocycles. The standard InChI is InChI=1S/C14H21N/c1-14(2)7-11-6-12(14)5-10-3-9(8-15)4-13(10)11/h9-13H,3-7H2,1-2H3. The van der Waals surface area contributed by atoms with Crippen LogP contribution >= 0.6 is 0 Å². The van der Waals surface area contributed by atoms with Crippen LogP contribution < -0.4 is 0 Å². The minimum absolute atomic E-state index is 0.391. The molecule has 0 radical (unpaired) electrons. The molecule has 82 valence electrons. The van der Waals surface area contributed by atoms with Crippen LogP contribution in [-0.2, 0) is 0 Å². The van der Waals surface area contributed by atoms with Crippen LogP contribution in [0.5, 0.6) is 0 Å². The molecule has 0 saturated heterocycles. The van der Waals surface area contributed by atoms with Gasteiger partial charge in [-0.3, -0.25) is 0 Å². The van der Waals surface area contributed by atoms with E-state index in [4.69, 9.17) is 5.26 Å². The van der Waals surface area contributed by atoms with Gasteiger partial charge in [-0.1, -0.05) is 13.8 Å². The molecule has 0 spiro atoms. The SMILES string of the molecule is CC1(C)CC2CC1CC1CC(C#N)CC12. The quantitative estimate of drug-likeness (QED) is 0.590. The third-order valence-electron chi connectivity index (χ3n) is 5.61. The fourth-order valence-electron chi connectivity index (χ4n) is 4.83. The highest BCUT2D eigenvalue weighted by atomic mass is 14.6. The first-order valence-electron chi connectivity index (χ1n) is 6.50. The Morgan fingerprint density at radius 3 is 2.53 bits per heavy atom. The Bertz CT molecular complexity index is 312. The molecule has 3 aliphatic carbocycles. The summed E-state index contributed by atoms with van der Waals surface area (Å²) < 4.78 is 0. The lowest BCUT2D eigenvalue weighted by Gasteiger charge is -2.33. The van der Waals surface area contributed by atoms with E-state index in [-0.39, 0.29) is 0 Å². The lowest BCUT2D eigenvalue weighted by Crippen LogP contribution is -2.25. The topological polar surface area (TPSA) is 23.8 Å². The van der Waals surface area contributed by atoms with Crippen molar-refractivity contribution in [3.05, 3.63) is 0 Å². The normalized spacial score (nSPS) is 51.1. The van der Waals surface area contributed by atoms with Gasteiger partial charge < -0.3 is 0 Å². The van der Waals surface area contributed by atoms with Crippen LogP contribution in [0, 0.1) is 46.3 Å². The molecule has 15 heavy (non-hydrogen) atoms. The first-order valence-corrected chi connectivity index (χ1v) is 6.50. The minimum atomic E-state index is 0.391. The lowest BCUT2D eigenvalue weighted by molar-refractivity contribution is 0.164. The predicted octanol–water partition coefficient (Wildman–Crippen LogP) is 3.61. The summed E-state index contributed by atoms with van der Waals surface area (Å²) in [5, 5.41) is 9.04. The zero-order chi connectivity index (χ0) is 10.6. The zero-order valence-electron chi connectivity index (χ0n) is 9.87. The van der Waals surface area contributed by atoms with Crippen molar-refractivity contribution >= 4 is 0 Å². The van der Waals surface area contributed by atoms with E-state index in [1.54, 1.807) is 0 Å². The van der Waals surface area contributed by atoms with E-state index in [9.17, 15) is 0 Å². The fourth-order valence-corrected chi connectivity index (χ4v) is 4.83. The summed E-state index contributed by atoms with van der Waals surface area (Å²) in [6.07, 6.45) is 6.74. The number of rotatable bonds is 0. The molecule has 0 aliphatic heterocycles. The van der Waals surface area contributed by atoms with Gasteiger partial charge in [0.15, 0.2) is 0 Å². The van der Waals surface area contributed by atoms with E-state index in [1.807, 2.05) is 0 Å². The Labute approximate surface area is 92.9 Å². The molecule has 1 heteroatoms. The molecule has 0 aromatic carbocycles. The smallest absolute Gasteiger partial charge is 0.0656 e. The van der Waals surface area contributed by atoms with Gasteiger partial charge in [-0.2, -0.15) is 5.26 Å². The fraction of sp³-hybridized carbons (Fsp3) is 0.929. The molecule has 0 N–H and O–H groups in total. The van der Waals surface area contributed by atoms with Crippen molar-refractivity contribution < 1.29 is 0 Å². The lowest BCUT2D eigenvalue weighted by atomic mass is 9.72. The molecular weight excluding hydrogens is 182 g/mol. The zero-order valence-corrected chi connectivity index (χ0v) is 9.87. The van der Waals surface area contributed by atoms with E-state index >= 15 is 0 Å². The number of nitrogens with zero attached hydrogens (tertiary/aromatic N) is 1. The van der Waals surface area contributed by atoms with E-state index < -0.39 is 0 Å². The summed E-state index contributed by atoms with van der Waals surface area (Å²) in [7, 11) is 0. The number of hydrogen-bond acceptors (Lipinski definition) is 1. The van der Waals surface area contributed by atoms with E-state index in [1.165, 1.54) is 32.1 Å². The Kier molecular flexibility index (Phi) is 1.94. The molecule has 3 fully saturated rings. The highest BCUT2D eigenvalue weighted by Crippen LogP contribution is 2.61. The summed E-state index contributed by atoms with van der Waals surface area (Å²) in [4.78, 5) is 0. The van der Waals surface area contributed by atoms with Crippen molar-refractivity contribution in [2.24, 2.45) is 35.0 Å². The maximum absolute atomic E-state index is 9.04. The van der Waals surface area contributed by atoms with Gasteiger partial charge in [0.2, 0.25) is 0 Å². The van der Waals surface area contributed by atoms with Crippen molar-refractivity contribution in [1.82, 2.24) is 0 Å². The average molecular weight is 203 g/mol. The van der Waals surface area contributed by atoms with Crippen molar-refractivity contribution in [3.8, 4) is 6.07 Å². The van der Waals surface area contributed by atoms with Gasteiger partial charge in [-0.05, 0) is 61.2 Å². The maximum atomic E-state index is 9.04. The van der Waals surface area contributed by atoms with Crippen LogP contribution in [-0.4, -0.2) is 0 Å². The first-order chi connectivity index (χ1) is 7.10. The molecule has 5 atom stereocenters. The first kappa shape index (κ1) is 9.70. The average Bonchev–Trinajstić information content (AvgIpc) is 2.69. The van der Waals surface area contributed by atoms with Gasteiger partial charge in [0.1, 0.15) is 0 Å². The Balaban J connectivity index is 1.82. The van der Waals surface area contributed by atoms with Crippen molar-refractivity contribution in [2.75, 3.05) is 0 Å².